The Morgan fingerprint density at radius 3 is 2.92 bits per heavy atom. The molecule has 1 aliphatic rings. The number of benzene rings is 1. The Morgan fingerprint density at radius 2 is 2.21 bits per heavy atom. The normalized spacial score (nSPS) is 18.5. The monoisotopic (exact) mass is 354 g/mol. The van der Waals surface area contributed by atoms with Crippen LogP contribution in [0.25, 0.3) is 10.9 Å². The third kappa shape index (κ3) is 3.69. The third-order valence-electron chi connectivity index (χ3n) is 4.36. The number of hydrogen-bond acceptors (Lipinski definition) is 4. The maximum absolute atomic E-state index is 12.8. The standard InChI is InChI=1S/C16H19FN2O4S/c1-23-13-2-3-15-14(7-13)12(8-18-15)4-5-19-9-11(6-16(19)20)10-24(17,21)22/h2-3,7-8,11,18H,4-6,9-10H2,1H3. The largest absolute Gasteiger partial charge is 0.497 e. The molecule has 1 N–H and O–H groups in total. The van der Waals surface area contributed by atoms with Gasteiger partial charge in [-0.3, -0.25) is 4.79 Å². The van der Waals surface area contributed by atoms with Gasteiger partial charge in [-0.1, -0.05) is 0 Å². The Hall–Kier alpha value is -2.09. The van der Waals surface area contributed by atoms with Gasteiger partial charge in [0.25, 0.3) is 0 Å². The smallest absolute Gasteiger partial charge is 0.302 e. The van der Waals surface area contributed by atoms with Crippen LogP contribution in [0.3, 0.4) is 0 Å². The number of carbonyl (C=O) groups excluding carboxylic acids is 1. The quantitative estimate of drug-likeness (QED) is 0.803. The number of aromatic nitrogens is 1. The second kappa shape index (κ2) is 6.43. The number of nitrogens with one attached hydrogen (secondary N) is 1. The molecular formula is C16H19FN2O4S. The minimum absolute atomic E-state index is 0.0882. The van der Waals surface area contributed by atoms with Gasteiger partial charge in [0, 0.05) is 42.5 Å². The van der Waals surface area contributed by atoms with Gasteiger partial charge in [-0.2, -0.15) is 8.42 Å². The number of fused-ring (bicyclic) bond motifs is 1. The van der Waals surface area contributed by atoms with Crippen LogP contribution in [-0.4, -0.2) is 50.2 Å². The highest BCUT2D eigenvalue weighted by Gasteiger charge is 2.32. The summed E-state index contributed by atoms with van der Waals surface area (Å²) in [5.74, 6) is -0.412. The van der Waals surface area contributed by atoms with Crippen molar-refractivity contribution in [1.29, 1.82) is 0 Å². The number of rotatable bonds is 6. The van der Waals surface area contributed by atoms with Crippen molar-refractivity contribution in [2.45, 2.75) is 12.8 Å². The van der Waals surface area contributed by atoms with E-state index < -0.39 is 21.9 Å². The summed E-state index contributed by atoms with van der Waals surface area (Å²) >= 11 is 0. The van der Waals surface area contributed by atoms with Crippen molar-refractivity contribution >= 4 is 27.0 Å². The molecule has 1 atom stereocenters. The van der Waals surface area contributed by atoms with Crippen LogP contribution < -0.4 is 4.74 Å². The summed E-state index contributed by atoms with van der Waals surface area (Å²) in [5, 5.41) is 1.03. The number of nitrogens with zero attached hydrogens (tertiary/aromatic N) is 1. The highest BCUT2D eigenvalue weighted by molar-refractivity contribution is 7.86. The van der Waals surface area contributed by atoms with E-state index in [1.807, 2.05) is 24.4 Å². The molecule has 24 heavy (non-hydrogen) atoms. The van der Waals surface area contributed by atoms with E-state index in [-0.39, 0.29) is 18.9 Å². The van der Waals surface area contributed by atoms with Crippen LogP contribution in [0.5, 0.6) is 5.75 Å². The molecule has 2 heterocycles. The predicted octanol–water partition coefficient (Wildman–Crippen LogP) is 1.87. The van der Waals surface area contributed by atoms with Crippen LogP contribution in [0.2, 0.25) is 0 Å². The van der Waals surface area contributed by atoms with E-state index in [0.29, 0.717) is 13.0 Å². The summed E-state index contributed by atoms with van der Waals surface area (Å²) in [5.41, 5.74) is 2.04. The Morgan fingerprint density at radius 1 is 1.42 bits per heavy atom. The molecule has 1 aliphatic heterocycles. The van der Waals surface area contributed by atoms with Crippen LogP contribution in [0.1, 0.15) is 12.0 Å². The third-order valence-corrected chi connectivity index (χ3v) is 5.22. The number of carbonyl (C=O) groups is 1. The number of aromatic amines is 1. The SMILES string of the molecule is COc1ccc2[nH]cc(CCN3CC(CS(=O)(=O)F)CC3=O)c2c1. The molecule has 6 nitrogen and oxygen atoms in total. The van der Waals surface area contributed by atoms with Crippen molar-refractivity contribution < 1.29 is 21.8 Å². The first-order valence-electron chi connectivity index (χ1n) is 7.70. The van der Waals surface area contributed by atoms with Gasteiger partial charge in [0.2, 0.25) is 5.91 Å². The molecule has 130 valence electrons. The van der Waals surface area contributed by atoms with Gasteiger partial charge in [-0.25, -0.2) is 0 Å². The van der Waals surface area contributed by atoms with Crippen molar-refractivity contribution in [3.63, 3.8) is 0 Å². The van der Waals surface area contributed by atoms with Gasteiger partial charge >= 0.3 is 10.2 Å². The lowest BCUT2D eigenvalue weighted by Gasteiger charge is -2.16. The van der Waals surface area contributed by atoms with E-state index in [4.69, 9.17) is 4.74 Å². The minimum Gasteiger partial charge on any atom is -0.497 e. The van der Waals surface area contributed by atoms with Gasteiger partial charge < -0.3 is 14.6 Å². The van der Waals surface area contributed by atoms with Crippen LogP contribution in [0.15, 0.2) is 24.4 Å². The minimum atomic E-state index is -4.55. The lowest BCUT2D eigenvalue weighted by atomic mass is 10.1. The topological polar surface area (TPSA) is 79.5 Å². The number of halogens is 1. The first-order chi connectivity index (χ1) is 11.4. The number of ether oxygens (including phenoxy) is 1. The molecular weight excluding hydrogens is 335 g/mol. The Bertz CT molecular complexity index is 862. The van der Waals surface area contributed by atoms with Gasteiger partial charge in [-0.15, -0.1) is 3.89 Å². The number of hydrogen-bond donors (Lipinski definition) is 1. The number of amides is 1. The maximum atomic E-state index is 12.8. The second-order valence-corrected chi connectivity index (χ2v) is 7.50. The molecule has 0 saturated carbocycles. The summed E-state index contributed by atoms with van der Waals surface area (Å²) in [6, 6.07) is 5.74. The molecule has 1 aromatic heterocycles. The van der Waals surface area contributed by atoms with Crippen molar-refractivity contribution in [2.24, 2.45) is 5.92 Å². The molecule has 1 aromatic carbocycles. The van der Waals surface area contributed by atoms with Gasteiger partial charge in [-0.05, 0) is 30.2 Å². The van der Waals surface area contributed by atoms with E-state index >= 15 is 0 Å². The summed E-state index contributed by atoms with van der Waals surface area (Å²) in [6.45, 7) is 0.763. The summed E-state index contributed by atoms with van der Waals surface area (Å²) in [6.07, 6.45) is 2.62. The number of methoxy groups -OCH3 is 1. The molecule has 0 bridgehead atoms. The first-order valence-corrected chi connectivity index (χ1v) is 9.25. The second-order valence-electron chi connectivity index (χ2n) is 6.09. The molecule has 8 heteroatoms. The maximum Gasteiger partial charge on any atom is 0.302 e. The fourth-order valence-corrected chi connectivity index (χ4v) is 4.00. The summed E-state index contributed by atoms with van der Waals surface area (Å²) in [7, 11) is -2.94. The first kappa shape index (κ1) is 16.8. The average Bonchev–Trinajstić information content (AvgIpc) is 3.06. The fourth-order valence-electron chi connectivity index (χ4n) is 3.21. The van der Waals surface area contributed by atoms with Crippen LogP contribution in [0.4, 0.5) is 3.89 Å². The molecule has 1 unspecified atom stereocenters. The molecule has 0 spiro atoms. The van der Waals surface area contributed by atoms with E-state index in [0.717, 1.165) is 22.2 Å². The van der Waals surface area contributed by atoms with Crippen LogP contribution in [-0.2, 0) is 21.4 Å². The number of H-pyrrole nitrogens is 1. The van der Waals surface area contributed by atoms with Crippen molar-refractivity contribution in [3.8, 4) is 5.75 Å². The lowest BCUT2D eigenvalue weighted by molar-refractivity contribution is -0.127. The predicted molar refractivity (Wildman–Crippen MR) is 88.1 cm³/mol. The molecule has 0 aliphatic carbocycles. The zero-order chi connectivity index (χ0) is 17.3. The highest BCUT2D eigenvalue weighted by Crippen LogP contribution is 2.25. The Labute approximate surface area is 139 Å². The van der Waals surface area contributed by atoms with E-state index in [1.54, 1.807) is 12.0 Å². The highest BCUT2D eigenvalue weighted by atomic mass is 32.3. The molecule has 0 radical (unpaired) electrons. The van der Waals surface area contributed by atoms with Gasteiger partial charge in [0.1, 0.15) is 5.75 Å². The zero-order valence-electron chi connectivity index (χ0n) is 13.3. The lowest BCUT2D eigenvalue weighted by Crippen LogP contribution is -2.28. The molecule has 1 fully saturated rings. The Balaban J connectivity index is 1.67. The summed E-state index contributed by atoms with van der Waals surface area (Å²) in [4.78, 5) is 16.8. The number of likely N-dealkylation sites (tertiary alicyclic amines) is 1. The van der Waals surface area contributed by atoms with E-state index in [2.05, 4.69) is 4.98 Å². The Kier molecular flexibility index (Phi) is 4.49. The zero-order valence-corrected chi connectivity index (χ0v) is 14.1. The molecule has 1 saturated heterocycles. The van der Waals surface area contributed by atoms with Crippen molar-refractivity contribution in [2.75, 3.05) is 26.0 Å². The fraction of sp³-hybridized carbons (Fsp3) is 0.438. The molecule has 3 rings (SSSR count). The van der Waals surface area contributed by atoms with Crippen molar-refractivity contribution in [1.82, 2.24) is 9.88 Å². The van der Waals surface area contributed by atoms with Crippen molar-refractivity contribution in [3.05, 3.63) is 30.0 Å². The average molecular weight is 354 g/mol. The summed E-state index contributed by atoms with van der Waals surface area (Å²) < 4.78 is 39.5. The van der Waals surface area contributed by atoms with Crippen LogP contribution in [0, 0.1) is 5.92 Å². The molecule has 2 aromatic rings. The van der Waals surface area contributed by atoms with Gasteiger partial charge in [0.05, 0.1) is 12.9 Å². The van der Waals surface area contributed by atoms with E-state index in [9.17, 15) is 17.1 Å². The van der Waals surface area contributed by atoms with Crippen LogP contribution >= 0.6 is 0 Å². The van der Waals surface area contributed by atoms with E-state index in [1.165, 1.54) is 0 Å². The molecule has 1 amide bonds. The van der Waals surface area contributed by atoms with Gasteiger partial charge in [0.15, 0.2) is 0 Å².